The van der Waals surface area contributed by atoms with E-state index in [4.69, 9.17) is 5.11 Å². The Morgan fingerprint density at radius 3 is 2.90 bits per heavy atom. The fraction of sp³-hybridized carbons (Fsp3) is 0.571. The quantitative estimate of drug-likeness (QED) is 0.524. The van der Waals surface area contributed by atoms with Crippen molar-refractivity contribution in [1.29, 1.82) is 0 Å². The van der Waals surface area contributed by atoms with E-state index in [1.165, 1.54) is 0 Å². The van der Waals surface area contributed by atoms with Gasteiger partial charge in [-0.3, -0.25) is 4.79 Å². The van der Waals surface area contributed by atoms with Crippen LogP contribution in [0, 0.1) is 0 Å². The van der Waals surface area contributed by atoms with Gasteiger partial charge in [0.25, 0.3) is 0 Å². The first-order valence-electron chi connectivity index (χ1n) is 3.33. The van der Waals surface area contributed by atoms with Gasteiger partial charge in [0.2, 0.25) is 5.91 Å². The lowest BCUT2D eigenvalue weighted by Gasteiger charge is -2.04. The third-order valence-electron chi connectivity index (χ3n) is 1.63. The van der Waals surface area contributed by atoms with E-state index >= 15 is 0 Å². The maximum atomic E-state index is 10.8. The summed E-state index contributed by atoms with van der Waals surface area (Å²) in [7, 11) is 0. The Kier molecular flexibility index (Phi) is 2.06. The molecule has 1 saturated heterocycles. The van der Waals surface area contributed by atoms with Gasteiger partial charge < -0.3 is 10.4 Å². The molecule has 0 spiro atoms. The van der Waals surface area contributed by atoms with Gasteiger partial charge in [-0.05, 0) is 12.8 Å². The highest BCUT2D eigenvalue weighted by Crippen LogP contribution is 2.13. The van der Waals surface area contributed by atoms with Gasteiger partial charge in [-0.1, -0.05) is 6.58 Å². The molecule has 0 unspecified atom stereocenters. The highest BCUT2D eigenvalue weighted by atomic mass is 16.3. The molecular weight excluding hydrogens is 130 g/mol. The molecule has 1 atom stereocenters. The van der Waals surface area contributed by atoms with Crippen LogP contribution in [0.25, 0.3) is 0 Å². The maximum absolute atomic E-state index is 10.8. The minimum absolute atomic E-state index is 0.0709. The molecule has 1 rings (SSSR count). The lowest BCUT2D eigenvalue weighted by Crippen LogP contribution is -2.26. The molecule has 1 aliphatic rings. The van der Waals surface area contributed by atoms with Gasteiger partial charge >= 0.3 is 0 Å². The number of carbonyl (C=O) groups is 1. The highest BCUT2D eigenvalue weighted by Gasteiger charge is 2.23. The van der Waals surface area contributed by atoms with Crippen molar-refractivity contribution in [2.24, 2.45) is 0 Å². The monoisotopic (exact) mass is 141 g/mol. The van der Waals surface area contributed by atoms with Crippen LogP contribution in [-0.2, 0) is 4.79 Å². The third-order valence-corrected chi connectivity index (χ3v) is 1.63. The molecule has 0 aromatic heterocycles. The van der Waals surface area contributed by atoms with Gasteiger partial charge in [0.05, 0.1) is 0 Å². The molecule has 56 valence electrons. The van der Waals surface area contributed by atoms with E-state index in [1.807, 2.05) is 0 Å². The number of amides is 1. The molecule has 2 N–H and O–H groups in total. The first kappa shape index (κ1) is 7.28. The highest BCUT2D eigenvalue weighted by molar-refractivity contribution is 5.95. The molecule has 1 aliphatic heterocycles. The van der Waals surface area contributed by atoms with Crippen LogP contribution in [-0.4, -0.2) is 23.7 Å². The molecule has 10 heavy (non-hydrogen) atoms. The molecule has 0 bridgehead atoms. The average Bonchev–Trinajstić information content (AvgIpc) is 2.14. The number of aliphatic hydroxyl groups is 1. The van der Waals surface area contributed by atoms with Crippen molar-refractivity contribution in [2.75, 3.05) is 6.61 Å². The van der Waals surface area contributed by atoms with Crippen LogP contribution in [0.4, 0.5) is 0 Å². The molecule has 0 radical (unpaired) electrons. The Morgan fingerprint density at radius 1 is 1.80 bits per heavy atom. The number of rotatable bonds is 2. The van der Waals surface area contributed by atoms with Gasteiger partial charge in [0.1, 0.15) is 0 Å². The van der Waals surface area contributed by atoms with Crippen molar-refractivity contribution in [3.8, 4) is 0 Å². The Morgan fingerprint density at radius 2 is 2.50 bits per heavy atom. The summed E-state index contributed by atoms with van der Waals surface area (Å²) in [6, 6.07) is 0.116. The van der Waals surface area contributed by atoms with E-state index in [-0.39, 0.29) is 18.6 Å². The summed E-state index contributed by atoms with van der Waals surface area (Å²) in [5.74, 6) is -0.0709. The van der Waals surface area contributed by atoms with Gasteiger partial charge in [-0.25, -0.2) is 0 Å². The van der Waals surface area contributed by atoms with Gasteiger partial charge in [-0.15, -0.1) is 0 Å². The number of carbonyl (C=O) groups excluding carboxylic acids is 1. The van der Waals surface area contributed by atoms with Gasteiger partial charge in [0.15, 0.2) is 0 Å². The average molecular weight is 141 g/mol. The topological polar surface area (TPSA) is 49.3 Å². The van der Waals surface area contributed by atoms with Crippen LogP contribution < -0.4 is 5.32 Å². The molecule has 3 nitrogen and oxygen atoms in total. The standard InChI is InChI=1S/C7H11NO2/c1-5-4-6(2-3-9)8-7(5)10/h6,9H,1-4H2,(H,8,10)/t6-/m1/s1. The zero-order valence-electron chi connectivity index (χ0n) is 5.76. The second-order valence-corrected chi connectivity index (χ2v) is 2.49. The first-order valence-corrected chi connectivity index (χ1v) is 3.33. The van der Waals surface area contributed by atoms with Crippen LogP contribution in [0.3, 0.4) is 0 Å². The van der Waals surface area contributed by atoms with E-state index in [1.54, 1.807) is 0 Å². The Bertz CT molecular complexity index is 149. The number of hydrogen-bond donors (Lipinski definition) is 2. The van der Waals surface area contributed by atoms with Crippen LogP contribution in [0.1, 0.15) is 12.8 Å². The van der Waals surface area contributed by atoms with Crippen molar-refractivity contribution in [3.63, 3.8) is 0 Å². The molecule has 0 aromatic carbocycles. The summed E-state index contributed by atoms with van der Waals surface area (Å²) < 4.78 is 0. The summed E-state index contributed by atoms with van der Waals surface area (Å²) in [5.41, 5.74) is 0.624. The van der Waals surface area contributed by atoms with E-state index in [9.17, 15) is 4.79 Å². The molecule has 1 amide bonds. The molecule has 1 heterocycles. The molecule has 3 heteroatoms. The summed E-state index contributed by atoms with van der Waals surface area (Å²) in [4.78, 5) is 10.8. The normalized spacial score (nSPS) is 25.1. The summed E-state index contributed by atoms with van der Waals surface area (Å²) in [6.07, 6.45) is 1.31. The predicted octanol–water partition coefficient (Wildman–Crippen LogP) is -0.187. The van der Waals surface area contributed by atoms with Crippen molar-refractivity contribution < 1.29 is 9.90 Å². The molecular formula is C7H11NO2. The SMILES string of the molecule is C=C1C[C@@H](CCO)NC1=O. The fourth-order valence-corrected chi connectivity index (χ4v) is 1.06. The van der Waals surface area contributed by atoms with E-state index in [0.717, 1.165) is 0 Å². The Labute approximate surface area is 59.7 Å². The van der Waals surface area contributed by atoms with Crippen LogP contribution in [0.15, 0.2) is 12.2 Å². The number of nitrogens with one attached hydrogen (secondary N) is 1. The van der Waals surface area contributed by atoms with Crippen LogP contribution in [0.2, 0.25) is 0 Å². The summed E-state index contributed by atoms with van der Waals surface area (Å²) >= 11 is 0. The minimum Gasteiger partial charge on any atom is -0.396 e. The van der Waals surface area contributed by atoms with Crippen molar-refractivity contribution in [2.45, 2.75) is 18.9 Å². The minimum atomic E-state index is -0.0709. The smallest absolute Gasteiger partial charge is 0.246 e. The zero-order chi connectivity index (χ0) is 7.56. The molecule has 0 saturated carbocycles. The van der Waals surface area contributed by atoms with Crippen molar-refractivity contribution in [3.05, 3.63) is 12.2 Å². The van der Waals surface area contributed by atoms with Gasteiger partial charge in [0, 0.05) is 18.2 Å². The summed E-state index contributed by atoms with van der Waals surface area (Å²) in [6.45, 7) is 3.70. The first-order chi connectivity index (χ1) is 4.74. The predicted molar refractivity (Wildman–Crippen MR) is 37.4 cm³/mol. The molecule has 0 aliphatic carbocycles. The Hall–Kier alpha value is -0.830. The lowest BCUT2D eigenvalue weighted by atomic mass is 10.1. The largest absolute Gasteiger partial charge is 0.396 e. The van der Waals surface area contributed by atoms with E-state index in [2.05, 4.69) is 11.9 Å². The van der Waals surface area contributed by atoms with Crippen LogP contribution >= 0.6 is 0 Å². The van der Waals surface area contributed by atoms with Crippen LogP contribution in [0.5, 0.6) is 0 Å². The summed E-state index contributed by atoms with van der Waals surface area (Å²) in [5, 5.41) is 11.2. The van der Waals surface area contributed by atoms with E-state index < -0.39 is 0 Å². The zero-order valence-corrected chi connectivity index (χ0v) is 5.76. The second kappa shape index (κ2) is 2.84. The number of hydrogen-bond acceptors (Lipinski definition) is 2. The van der Waals surface area contributed by atoms with E-state index in [0.29, 0.717) is 18.4 Å². The number of aliphatic hydroxyl groups excluding tert-OH is 1. The Balaban J connectivity index is 2.41. The molecule has 0 aromatic rings. The van der Waals surface area contributed by atoms with Gasteiger partial charge in [-0.2, -0.15) is 0 Å². The second-order valence-electron chi connectivity index (χ2n) is 2.49. The fourth-order valence-electron chi connectivity index (χ4n) is 1.06. The molecule has 1 fully saturated rings. The maximum Gasteiger partial charge on any atom is 0.246 e. The van der Waals surface area contributed by atoms with Crippen molar-refractivity contribution in [1.82, 2.24) is 5.32 Å². The van der Waals surface area contributed by atoms with Crippen molar-refractivity contribution >= 4 is 5.91 Å². The lowest BCUT2D eigenvalue weighted by molar-refractivity contribution is -0.116. The third kappa shape index (κ3) is 1.36.